The molecule has 2 N–H and O–H groups in total. The van der Waals surface area contributed by atoms with E-state index in [-0.39, 0.29) is 18.2 Å². The molecule has 5 nitrogen and oxygen atoms in total. The topological polar surface area (TPSA) is 79.7 Å². The predicted molar refractivity (Wildman–Crippen MR) is 90.0 cm³/mol. The third-order valence-corrected chi connectivity index (χ3v) is 4.49. The van der Waals surface area contributed by atoms with Crippen LogP contribution in [0, 0.1) is 0 Å². The van der Waals surface area contributed by atoms with Gasteiger partial charge in [-0.2, -0.15) is 0 Å². The van der Waals surface area contributed by atoms with E-state index in [1.807, 2.05) is 30.3 Å². The van der Waals surface area contributed by atoms with Crippen molar-refractivity contribution in [3.63, 3.8) is 0 Å². The first-order valence-electron chi connectivity index (χ1n) is 7.71. The van der Waals surface area contributed by atoms with Gasteiger partial charge in [-0.1, -0.05) is 36.4 Å². The molecule has 24 heavy (non-hydrogen) atoms. The molecule has 5 heteroatoms. The lowest BCUT2D eigenvalue weighted by molar-refractivity contribution is -0.113. The Morgan fingerprint density at radius 1 is 1.38 bits per heavy atom. The summed E-state index contributed by atoms with van der Waals surface area (Å²) in [6, 6.07) is 9.36. The normalized spacial score (nSPS) is 22.8. The molecule has 0 fully saturated rings. The zero-order valence-corrected chi connectivity index (χ0v) is 13.6. The Labute approximate surface area is 140 Å². The number of rotatable bonds is 4. The van der Waals surface area contributed by atoms with Crippen LogP contribution in [0.15, 0.2) is 48.2 Å². The number of aldehydes is 1. The van der Waals surface area contributed by atoms with Crippen LogP contribution in [-0.4, -0.2) is 34.2 Å². The highest BCUT2D eigenvalue weighted by molar-refractivity contribution is 5.81. The molecular formula is C19H19NO4. The predicted octanol–water partition coefficient (Wildman–Crippen LogP) is 2.61. The zero-order valence-electron chi connectivity index (χ0n) is 13.6. The van der Waals surface area contributed by atoms with E-state index in [2.05, 4.69) is 4.98 Å². The molecule has 1 aliphatic heterocycles. The summed E-state index contributed by atoms with van der Waals surface area (Å²) in [6.45, 7) is 3.34. The Balaban J connectivity index is 2.17. The third kappa shape index (κ3) is 2.37. The number of aromatic hydroxyl groups is 1. The molecule has 0 spiro atoms. The molecule has 2 unspecified atom stereocenters. The van der Waals surface area contributed by atoms with Crippen LogP contribution < -0.4 is 4.74 Å². The number of pyridine rings is 1. The summed E-state index contributed by atoms with van der Waals surface area (Å²) >= 11 is 0. The average Bonchev–Trinajstić information content (AvgIpc) is 2.90. The van der Waals surface area contributed by atoms with Crippen LogP contribution in [0.5, 0.6) is 11.6 Å². The number of aliphatic hydroxyl groups is 1. The smallest absolute Gasteiger partial charge is 0.222 e. The summed E-state index contributed by atoms with van der Waals surface area (Å²) in [6.07, 6.45) is 3.30. The zero-order chi connectivity index (χ0) is 17.3. The lowest BCUT2D eigenvalue weighted by Crippen LogP contribution is -2.37. The van der Waals surface area contributed by atoms with Crippen molar-refractivity contribution in [3.05, 3.63) is 53.7 Å². The molecule has 124 valence electrons. The average molecular weight is 325 g/mol. The molecule has 0 amide bonds. The van der Waals surface area contributed by atoms with Crippen molar-refractivity contribution in [2.24, 2.45) is 0 Å². The van der Waals surface area contributed by atoms with Gasteiger partial charge in [0.25, 0.3) is 0 Å². The van der Waals surface area contributed by atoms with Gasteiger partial charge in [0.2, 0.25) is 5.88 Å². The van der Waals surface area contributed by atoms with Gasteiger partial charge in [0, 0.05) is 11.8 Å². The molecule has 2 aromatic rings. The van der Waals surface area contributed by atoms with Gasteiger partial charge in [0.15, 0.2) is 0 Å². The fraction of sp³-hybridized carbons (Fsp3) is 0.263. The fourth-order valence-corrected chi connectivity index (χ4v) is 3.19. The number of nitrogens with zero attached hydrogens (tertiary/aromatic N) is 1. The van der Waals surface area contributed by atoms with Crippen molar-refractivity contribution in [2.45, 2.75) is 25.4 Å². The first kappa shape index (κ1) is 16.2. The van der Waals surface area contributed by atoms with Gasteiger partial charge in [0.05, 0.1) is 17.6 Å². The van der Waals surface area contributed by atoms with Gasteiger partial charge in [-0.3, -0.25) is 0 Å². The quantitative estimate of drug-likeness (QED) is 0.667. The summed E-state index contributed by atoms with van der Waals surface area (Å²) < 4.78 is 5.82. The van der Waals surface area contributed by atoms with E-state index in [1.165, 1.54) is 0 Å². The van der Waals surface area contributed by atoms with Gasteiger partial charge < -0.3 is 19.7 Å². The lowest BCUT2D eigenvalue weighted by Gasteiger charge is -2.25. The molecule has 0 saturated heterocycles. The highest BCUT2D eigenvalue weighted by atomic mass is 16.5. The molecule has 0 saturated carbocycles. The van der Waals surface area contributed by atoms with Gasteiger partial charge in [0.1, 0.15) is 18.1 Å². The largest absolute Gasteiger partial charge is 0.507 e. The summed E-state index contributed by atoms with van der Waals surface area (Å²) in [4.78, 5) is 16.2. The Kier molecular flexibility index (Phi) is 4.11. The van der Waals surface area contributed by atoms with Gasteiger partial charge in [-0.05, 0) is 25.0 Å². The molecule has 0 bridgehead atoms. The summed E-state index contributed by atoms with van der Waals surface area (Å²) in [7, 11) is 0. The number of carbonyl (C=O) groups excluding carboxylic acids is 1. The summed E-state index contributed by atoms with van der Waals surface area (Å²) in [5.41, 5.74) is 1.38. The molecule has 2 heterocycles. The second-order valence-corrected chi connectivity index (χ2v) is 6.10. The van der Waals surface area contributed by atoms with Crippen LogP contribution in [0.25, 0.3) is 11.1 Å². The Bertz CT molecular complexity index is 801. The van der Waals surface area contributed by atoms with E-state index in [9.17, 15) is 9.90 Å². The maximum absolute atomic E-state index is 11.9. The molecule has 1 aromatic carbocycles. The number of fused-ring (bicyclic) bond motifs is 1. The monoisotopic (exact) mass is 325 g/mol. The minimum Gasteiger partial charge on any atom is -0.507 e. The number of hydrogen-bond acceptors (Lipinski definition) is 5. The Morgan fingerprint density at radius 2 is 2.08 bits per heavy atom. The van der Waals surface area contributed by atoms with Crippen LogP contribution >= 0.6 is 0 Å². The van der Waals surface area contributed by atoms with Crippen molar-refractivity contribution in [1.29, 1.82) is 0 Å². The molecule has 0 aliphatic carbocycles. The van der Waals surface area contributed by atoms with E-state index >= 15 is 0 Å². The molecule has 2 atom stereocenters. The fourth-order valence-electron chi connectivity index (χ4n) is 3.19. The number of carbonyl (C=O) groups is 1. The van der Waals surface area contributed by atoms with Crippen LogP contribution in [0.3, 0.4) is 0 Å². The lowest BCUT2D eigenvalue weighted by atomic mass is 9.77. The summed E-state index contributed by atoms with van der Waals surface area (Å²) in [5.74, 6) is 0.248. The number of aromatic nitrogens is 1. The van der Waals surface area contributed by atoms with Crippen LogP contribution in [0.4, 0.5) is 0 Å². The molecule has 1 aliphatic rings. The number of benzene rings is 1. The van der Waals surface area contributed by atoms with Crippen molar-refractivity contribution in [1.82, 2.24) is 4.98 Å². The number of ether oxygens (including phenoxy) is 1. The third-order valence-electron chi connectivity index (χ3n) is 4.49. The molecule has 3 rings (SSSR count). The highest BCUT2D eigenvalue weighted by Gasteiger charge is 2.49. The van der Waals surface area contributed by atoms with Crippen molar-refractivity contribution >= 4 is 6.29 Å². The Hall–Kier alpha value is -2.66. The van der Waals surface area contributed by atoms with E-state index in [1.54, 1.807) is 26.1 Å². The van der Waals surface area contributed by atoms with E-state index in [0.29, 0.717) is 16.7 Å². The molecule has 0 radical (unpaired) electrons. The first-order valence-corrected chi connectivity index (χ1v) is 7.71. The highest BCUT2D eigenvalue weighted by Crippen LogP contribution is 2.50. The van der Waals surface area contributed by atoms with Crippen molar-refractivity contribution < 1.29 is 19.7 Å². The standard InChI is InChI=1S/C19H19NO4/c1-12(8-9-21)17-19(2,11-22)15-16(23)14(10-20-18(15)24-17)13-6-4-3-5-7-13/h3-8,10-11,17,21H,9H2,1-2H3,(H,20,23)/b12-8+. The second-order valence-electron chi connectivity index (χ2n) is 6.10. The number of hydrogen-bond donors (Lipinski definition) is 2. The molecular weight excluding hydrogens is 306 g/mol. The van der Waals surface area contributed by atoms with E-state index in [0.717, 1.165) is 11.8 Å². The van der Waals surface area contributed by atoms with E-state index in [4.69, 9.17) is 9.84 Å². The van der Waals surface area contributed by atoms with Crippen LogP contribution in [-0.2, 0) is 10.2 Å². The maximum atomic E-state index is 11.9. The van der Waals surface area contributed by atoms with Crippen LogP contribution in [0.1, 0.15) is 19.4 Å². The number of aliphatic hydroxyl groups excluding tert-OH is 1. The van der Waals surface area contributed by atoms with Crippen molar-refractivity contribution in [3.8, 4) is 22.8 Å². The first-order chi connectivity index (χ1) is 11.5. The van der Waals surface area contributed by atoms with Gasteiger partial charge in [-0.15, -0.1) is 0 Å². The Morgan fingerprint density at radius 3 is 2.71 bits per heavy atom. The minimum absolute atomic E-state index is 0.0000912. The van der Waals surface area contributed by atoms with Crippen molar-refractivity contribution in [2.75, 3.05) is 6.61 Å². The van der Waals surface area contributed by atoms with Crippen LogP contribution in [0.2, 0.25) is 0 Å². The van der Waals surface area contributed by atoms with Gasteiger partial charge in [-0.25, -0.2) is 4.98 Å². The van der Waals surface area contributed by atoms with Gasteiger partial charge >= 0.3 is 0 Å². The maximum Gasteiger partial charge on any atom is 0.222 e. The minimum atomic E-state index is -1.08. The summed E-state index contributed by atoms with van der Waals surface area (Å²) in [5, 5.41) is 19.9. The van der Waals surface area contributed by atoms with E-state index < -0.39 is 11.5 Å². The molecule has 1 aromatic heterocycles. The second kappa shape index (κ2) is 6.09. The SMILES string of the molecule is C/C(=C\CO)C1Oc2ncc(-c3ccccc3)c(O)c2C1(C)C=O.